The number of imidazole rings is 5. The molecule has 0 atom stereocenters. The quantitative estimate of drug-likeness (QED) is 0.161. The van der Waals surface area contributed by atoms with Crippen molar-refractivity contribution in [1.82, 2.24) is 49.8 Å². The fraction of sp³-hybridized carbons (Fsp3) is 0.0526. The van der Waals surface area contributed by atoms with Crippen LogP contribution in [-0.4, -0.2) is 56.1 Å². The Labute approximate surface area is 198 Å². The normalized spacial score (nSPS) is 9.00. The Hall–Kier alpha value is -3.96. The highest BCUT2D eigenvalue weighted by Gasteiger charge is 1.73. The molecule has 0 amide bonds. The molecule has 32 heavy (non-hydrogen) atoms. The number of halogens is 2. The van der Waals surface area contributed by atoms with E-state index in [1.54, 1.807) is 99.8 Å². The van der Waals surface area contributed by atoms with E-state index in [1.165, 1.54) is 0 Å². The molecule has 0 spiro atoms. The highest BCUT2D eigenvalue weighted by molar-refractivity contribution is 5.62. The van der Waals surface area contributed by atoms with E-state index in [0.717, 1.165) is 6.42 Å². The molecule has 0 unspecified atom stereocenters. The fourth-order valence-electron chi connectivity index (χ4n) is 1.38. The molecule has 6 rings (SSSR count). The predicted molar refractivity (Wildman–Crippen MR) is 115 cm³/mol. The number of hydrogen-bond acceptors (Lipinski definition) is 6. The van der Waals surface area contributed by atoms with Gasteiger partial charge in [-0.2, -0.15) is 0 Å². The molecule has 6 heterocycles. The van der Waals surface area contributed by atoms with Gasteiger partial charge in [-0.15, -0.1) is 0 Å². The Kier molecular flexibility index (Phi) is 25.5. The molecule has 5 N–H and O–H groups in total. The van der Waals surface area contributed by atoms with Crippen LogP contribution in [-0.2, 0) is 0 Å². The number of nitrogens with zero attached hydrogens (tertiary/aromatic N) is 6. The summed E-state index contributed by atoms with van der Waals surface area (Å²) in [6.45, 7) is 0. The zero-order chi connectivity index (χ0) is 21.2. The van der Waals surface area contributed by atoms with Crippen LogP contribution in [0, 0.1) is 0 Å². The minimum Gasteiger partial charge on any atom is -1.00 e. The molecule has 0 radical (unpaired) electrons. The second kappa shape index (κ2) is 27.0. The van der Waals surface area contributed by atoms with E-state index >= 15 is 0 Å². The third-order valence-corrected chi connectivity index (χ3v) is 2.57. The van der Waals surface area contributed by atoms with Gasteiger partial charge >= 0.3 is 0 Å². The number of aliphatic imine (C=N–C) groups is 1. The topological polar surface area (TPSA) is 156 Å². The lowest BCUT2D eigenvalue weighted by Gasteiger charge is -1.54. The molecule has 0 aliphatic carbocycles. The predicted octanol–water partition coefficient (Wildman–Crippen LogP) is -2.97. The number of nitrogens with one attached hydrogen (secondary N) is 5. The average molecular weight is 478 g/mol. The molecule has 0 fully saturated rings. The molecule has 1 aliphatic rings. The Morgan fingerprint density at radius 1 is 0.469 bits per heavy atom. The van der Waals surface area contributed by atoms with Crippen LogP contribution >= 0.6 is 0 Å². The molecule has 11 nitrogen and oxygen atoms in total. The second-order valence-corrected chi connectivity index (χ2v) is 4.75. The number of aromatic nitrogens is 10. The van der Waals surface area contributed by atoms with Gasteiger partial charge in [-0.3, -0.25) is 4.99 Å². The number of H-pyrrole nitrogens is 5. The van der Waals surface area contributed by atoms with Crippen LogP contribution in [0.25, 0.3) is 0 Å². The zero-order valence-electron chi connectivity index (χ0n) is 17.0. The first kappa shape index (κ1) is 30.2. The van der Waals surface area contributed by atoms with Crippen molar-refractivity contribution < 1.29 is 24.8 Å². The summed E-state index contributed by atoms with van der Waals surface area (Å²) < 4.78 is 0. The molecule has 1 aliphatic heterocycles. The molecule has 0 aromatic carbocycles. The summed E-state index contributed by atoms with van der Waals surface area (Å²) in [5.74, 6) is 0. The maximum absolute atomic E-state index is 3.78. The minimum absolute atomic E-state index is 0. The van der Waals surface area contributed by atoms with Gasteiger partial charge in [0.1, 0.15) is 0 Å². The SMILES string of the molecule is C1=CN=CC1.[Cl-].[Cl-].c1c[nH]cn1.c1c[nH]cn1.c1c[nH]cn1.c1c[nH]cn1.c1c[nH]cn1. The van der Waals surface area contributed by atoms with Crippen molar-refractivity contribution >= 4 is 6.21 Å². The van der Waals surface area contributed by atoms with E-state index in [1.807, 2.05) is 12.3 Å². The summed E-state index contributed by atoms with van der Waals surface area (Å²) in [4.78, 5) is 35.9. The van der Waals surface area contributed by atoms with Gasteiger partial charge in [0.25, 0.3) is 0 Å². The van der Waals surface area contributed by atoms with Crippen molar-refractivity contribution in [3.63, 3.8) is 0 Å². The summed E-state index contributed by atoms with van der Waals surface area (Å²) >= 11 is 0. The van der Waals surface area contributed by atoms with Crippen molar-refractivity contribution in [1.29, 1.82) is 0 Å². The zero-order valence-corrected chi connectivity index (χ0v) is 18.6. The van der Waals surface area contributed by atoms with E-state index < -0.39 is 0 Å². The number of hydrogen-bond donors (Lipinski definition) is 5. The van der Waals surface area contributed by atoms with Gasteiger partial charge in [-0.1, -0.05) is 6.08 Å². The Bertz CT molecular complexity index is 623. The Balaban J connectivity index is 0. The third kappa shape index (κ3) is 24.1. The first-order valence-corrected chi connectivity index (χ1v) is 8.80. The summed E-state index contributed by atoms with van der Waals surface area (Å²) in [6, 6.07) is 0. The largest absolute Gasteiger partial charge is 1.00 e. The molecule has 5 aromatic rings. The lowest BCUT2D eigenvalue weighted by atomic mass is 10.5. The summed E-state index contributed by atoms with van der Waals surface area (Å²) in [6.07, 6.45) is 32.1. The monoisotopic (exact) mass is 477 g/mol. The van der Waals surface area contributed by atoms with Gasteiger partial charge in [0.05, 0.1) is 31.6 Å². The van der Waals surface area contributed by atoms with Crippen molar-refractivity contribution in [3.05, 3.63) is 106 Å². The van der Waals surface area contributed by atoms with Gasteiger partial charge in [-0.05, 0) is 0 Å². The van der Waals surface area contributed by atoms with Crippen LogP contribution in [0.2, 0.25) is 0 Å². The van der Waals surface area contributed by atoms with Crippen LogP contribution in [0.3, 0.4) is 0 Å². The van der Waals surface area contributed by atoms with Crippen LogP contribution in [0.1, 0.15) is 6.42 Å². The van der Waals surface area contributed by atoms with Gasteiger partial charge in [0.2, 0.25) is 0 Å². The van der Waals surface area contributed by atoms with Crippen molar-refractivity contribution in [2.75, 3.05) is 0 Å². The smallest absolute Gasteiger partial charge is 0.0919 e. The van der Waals surface area contributed by atoms with E-state index in [-0.39, 0.29) is 24.8 Å². The van der Waals surface area contributed by atoms with Crippen LogP contribution in [0.15, 0.2) is 111 Å². The van der Waals surface area contributed by atoms with Crippen LogP contribution < -0.4 is 24.8 Å². The highest BCUT2D eigenvalue weighted by atomic mass is 35.5. The maximum Gasteiger partial charge on any atom is 0.0919 e. The summed E-state index contributed by atoms with van der Waals surface area (Å²) in [7, 11) is 0. The van der Waals surface area contributed by atoms with E-state index in [4.69, 9.17) is 0 Å². The molecular formula is C19H25Cl2N11-2. The van der Waals surface area contributed by atoms with E-state index in [0.29, 0.717) is 0 Å². The lowest BCUT2D eigenvalue weighted by Crippen LogP contribution is -3.00. The highest BCUT2D eigenvalue weighted by Crippen LogP contribution is 1.86. The molecular weight excluding hydrogens is 453 g/mol. The standard InChI is InChI=1S/C4H5N.5C3H4N2.2ClH/c1-2-4-5-3-1;5*1-2-5-3-4-1;;/h1,3-4H,2H2;5*1-3H,(H,4,5);2*1H/p-2. The van der Waals surface area contributed by atoms with Crippen molar-refractivity contribution in [2.45, 2.75) is 6.42 Å². The molecule has 172 valence electrons. The first-order chi connectivity index (χ1) is 15.0. The third-order valence-electron chi connectivity index (χ3n) is 2.57. The Morgan fingerprint density at radius 3 is 0.844 bits per heavy atom. The van der Waals surface area contributed by atoms with Gasteiger partial charge in [0, 0.05) is 80.8 Å². The molecule has 13 heteroatoms. The van der Waals surface area contributed by atoms with E-state index in [9.17, 15) is 0 Å². The molecule has 0 saturated carbocycles. The minimum atomic E-state index is 0. The number of aromatic amines is 5. The van der Waals surface area contributed by atoms with Crippen LogP contribution in [0.4, 0.5) is 0 Å². The van der Waals surface area contributed by atoms with E-state index in [2.05, 4.69) is 54.8 Å². The van der Waals surface area contributed by atoms with Crippen molar-refractivity contribution in [2.24, 2.45) is 4.99 Å². The fourth-order valence-corrected chi connectivity index (χ4v) is 1.38. The first-order valence-electron chi connectivity index (χ1n) is 8.80. The van der Waals surface area contributed by atoms with Crippen molar-refractivity contribution in [3.8, 4) is 0 Å². The van der Waals surface area contributed by atoms with Gasteiger partial charge < -0.3 is 49.7 Å². The molecule has 5 aromatic heterocycles. The second-order valence-electron chi connectivity index (χ2n) is 4.75. The van der Waals surface area contributed by atoms with Gasteiger partial charge in [-0.25, -0.2) is 24.9 Å². The summed E-state index contributed by atoms with van der Waals surface area (Å²) in [5.41, 5.74) is 0. The molecule has 0 bridgehead atoms. The molecule has 0 saturated heterocycles. The average Bonchev–Trinajstić information content (AvgIpc) is 3.69. The number of rotatable bonds is 0. The lowest BCUT2D eigenvalue weighted by molar-refractivity contribution is -0.00100. The van der Waals surface area contributed by atoms with Gasteiger partial charge in [0.15, 0.2) is 0 Å². The van der Waals surface area contributed by atoms with Crippen LogP contribution in [0.5, 0.6) is 0 Å². The Morgan fingerprint density at radius 2 is 0.781 bits per heavy atom. The maximum atomic E-state index is 3.78. The summed E-state index contributed by atoms with van der Waals surface area (Å²) in [5, 5.41) is 0. The number of allylic oxidation sites excluding steroid dienone is 1.